The molecule has 1 aliphatic heterocycles. The van der Waals surface area contributed by atoms with Gasteiger partial charge in [-0.3, -0.25) is 14.5 Å². The molecule has 0 spiro atoms. The molecule has 3 aromatic carbocycles. The van der Waals surface area contributed by atoms with Gasteiger partial charge in [-0.1, -0.05) is 23.7 Å². The van der Waals surface area contributed by atoms with Crippen LogP contribution in [0.1, 0.15) is 22.7 Å². The fraction of sp³-hybridized carbons (Fsp3) is 0.241. The summed E-state index contributed by atoms with van der Waals surface area (Å²) >= 11 is 6.39. The molecule has 1 N–H and O–H groups in total. The minimum atomic E-state index is -0.856. The molecular formula is C29H30ClN3O4. The van der Waals surface area contributed by atoms with Crippen molar-refractivity contribution in [3.8, 4) is 5.75 Å². The number of hydrogen-bond donors (Lipinski definition) is 1. The second kappa shape index (κ2) is 10.2. The highest BCUT2D eigenvalue weighted by molar-refractivity contribution is 6.51. The number of ether oxygens (including phenoxy) is 1. The van der Waals surface area contributed by atoms with Crippen molar-refractivity contribution in [3.05, 3.63) is 87.9 Å². The van der Waals surface area contributed by atoms with Crippen LogP contribution < -0.4 is 19.4 Å². The highest BCUT2D eigenvalue weighted by Gasteiger charge is 2.47. The number of hydrogen-bond acceptors (Lipinski definition) is 6. The van der Waals surface area contributed by atoms with Crippen LogP contribution in [0.15, 0.2) is 66.2 Å². The Morgan fingerprint density at radius 1 is 0.919 bits per heavy atom. The number of methoxy groups -OCH3 is 1. The largest absolute Gasteiger partial charge is 0.507 e. The number of Topliss-reactive ketones (excluding diaryl/α,β-unsaturated/α-hetero) is 1. The molecule has 1 fully saturated rings. The third-order valence-electron chi connectivity index (χ3n) is 6.46. The lowest BCUT2D eigenvalue weighted by Crippen LogP contribution is -2.29. The number of aliphatic hydroxyl groups excluding tert-OH is 1. The van der Waals surface area contributed by atoms with Crippen molar-refractivity contribution in [1.29, 1.82) is 0 Å². The van der Waals surface area contributed by atoms with Crippen LogP contribution in [0.25, 0.3) is 5.76 Å². The van der Waals surface area contributed by atoms with Gasteiger partial charge in [-0.05, 0) is 66.6 Å². The number of carbonyl (C=O) groups is 2. The summed E-state index contributed by atoms with van der Waals surface area (Å²) in [4.78, 5) is 32.3. The molecule has 8 heteroatoms. The number of benzene rings is 3. The molecule has 4 rings (SSSR count). The Morgan fingerprint density at radius 3 is 1.97 bits per heavy atom. The first-order chi connectivity index (χ1) is 17.5. The fourth-order valence-electron chi connectivity index (χ4n) is 4.54. The first-order valence-corrected chi connectivity index (χ1v) is 12.1. The van der Waals surface area contributed by atoms with Crippen LogP contribution >= 0.6 is 11.6 Å². The SMILES string of the molecule is COc1c(Cl)cc(C)cc1/C(O)=C1\C(=O)C(=O)N(c2ccc(N(C)C)cc2)C1c1ccc(N(C)C)cc1. The van der Waals surface area contributed by atoms with Crippen LogP contribution in [0.5, 0.6) is 5.75 Å². The van der Waals surface area contributed by atoms with Gasteiger partial charge >= 0.3 is 0 Å². The molecule has 0 bridgehead atoms. The van der Waals surface area contributed by atoms with E-state index in [0.717, 1.165) is 16.9 Å². The summed E-state index contributed by atoms with van der Waals surface area (Å²) in [6.45, 7) is 1.82. The molecule has 37 heavy (non-hydrogen) atoms. The summed E-state index contributed by atoms with van der Waals surface area (Å²) in [5, 5.41) is 11.8. The minimum absolute atomic E-state index is 0.0285. The number of amides is 1. The Labute approximate surface area is 222 Å². The number of rotatable bonds is 6. The quantitative estimate of drug-likeness (QED) is 0.266. The predicted octanol–water partition coefficient (Wildman–Crippen LogP) is 5.42. The van der Waals surface area contributed by atoms with Crippen LogP contribution in [-0.2, 0) is 9.59 Å². The van der Waals surface area contributed by atoms with Gasteiger partial charge in [-0.15, -0.1) is 0 Å². The van der Waals surface area contributed by atoms with Crippen molar-refractivity contribution in [1.82, 2.24) is 0 Å². The van der Waals surface area contributed by atoms with E-state index in [0.29, 0.717) is 16.3 Å². The Bertz CT molecular complexity index is 1380. The van der Waals surface area contributed by atoms with E-state index < -0.39 is 17.7 Å². The average Bonchev–Trinajstić information content (AvgIpc) is 3.13. The second-order valence-corrected chi connectivity index (χ2v) is 9.80. The molecule has 0 aliphatic carbocycles. The van der Waals surface area contributed by atoms with Gasteiger partial charge in [0.1, 0.15) is 11.5 Å². The van der Waals surface area contributed by atoms with Crippen molar-refractivity contribution in [2.75, 3.05) is 50.0 Å². The third kappa shape index (κ3) is 4.74. The first-order valence-electron chi connectivity index (χ1n) is 11.7. The number of halogens is 1. The van der Waals surface area contributed by atoms with E-state index in [2.05, 4.69) is 0 Å². The molecule has 7 nitrogen and oxygen atoms in total. The van der Waals surface area contributed by atoms with Crippen LogP contribution in [0.2, 0.25) is 5.02 Å². The van der Waals surface area contributed by atoms with Gasteiger partial charge < -0.3 is 19.6 Å². The maximum atomic E-state index is 13.5. The number of aryl methyl sites for hydroxylation is 1. The topological polar surface area (TPSA) is 73.3 Å². The summed E-state index contributed by atoms with van der Waals surface area (Å²) in [6.07, 6.45) is 0. The van der Waals surface area contributed by atoms with Gasteiger partial charge in [0, 0.05) is 45.3 Å². The monoisotopic (exact) mass is 519 g/mol. The fourth-order valence-corrected chi connectivity index (χ4v) is 4.89. The molecule has 1 heterocycles. The molecule has 1 amide bonds. The maximum absolute atomic E-state index is 13.5. The van der Waals surface area contributed by atoms with Crippen molar-refractivity contribution in [2.45, 2.75) is 13.0 Å². The first kappa shape index (κ1) is 26.1. The summed E-state index contributed by atoms with van der Waals surface area (Å²) in [7, 11) is 9.15. The van der Waals surface area contributed by atoms with Crippen LogP contribution in [-0.4, -0.2) is 52.1 Å². The Hall–Kier alpha value is -3.97. The molecule has 0 radical (unpaired) electrons. The number of anilines is 3. The Balaban J connectivity index is 1.96. The summed E-state index contributed by atoms with van der Waals surface area (Å²) in [5.41, 5.74) is 4.13. The third-order valence-corrected chi connectivity index (χ3v) is 6.74. The molecule has 1 atom stereocenters. The molecule has 0 saturated carbocycles. The van der Waals surface area contributed by atoms with Crippen LogP contribution in [0.4, 0.5) is 17.1 Å². The van der Waals surface area contributed by atoms with Crippen molar-refractivity contribution < 1.29 is 19.4 Å². The predicted molar refractivity (Wildman–Crippen MR) is 149 cm³/mol. The average molecular weight is 520 g/mol. The Kier molecular flexibility index (Phi) is 7.18. The van der Waals surface area contributed by atoms with Gasteiger partial charge in [-0.2, -0.15) is 0 Å². The maximum Gasteiger partial charge on any atom is 0.300 e. The smallest absolute Gasteiger partial charge is 0.300 e. The summed E-state index contributed by atoms with van der Waals surface area (Å²) in [6, 6.07) is 17.4. The molecule has 1 unspecified atom stereocenters. The van der Waals surface area contributed by atoms with E-state index in [4.69, 9.17) is 16.3 Å². The highest BCUT2D eigenvalue weighted by Crippen LogP contribution is 2.45. The van der Waals surface area contributed by atoms with E-state index in [-0.39, 0.29) is 22.6 Å². The van der Waals surface area contributed by atoms with Gasteiger partial charge in [0.25, 0.3) is 11.7 Å². The van der Waals surface area contributed by atoms with Gasteiger partial charge in [0.15, 0.2) is 0 Å². The number of carbonyl (C=O) groups excluding carboxylic acids is 2. The molecule has 192 valence electrons. The Morgan fingerprint density at radius 2 is 1.46 bits per heavy atom. The molecule has 1 aliphatic rings. The molecule has 0 aromatic heterocycles. The summed E-state index contributed by atoms with van der Waals surface area (Å²) in [5.74, 6) is -1.61. The molecule has 3 aromatic rings. The van der Waals surface area contributed by atoms with Gasteiger partial charge in [0.05, 0.1) is 29.3 Å². The lowest BCUT2D eigenvalue weighted by atomic mass is 9.94. The van der Waals surface area contributed by atoms with E-state index in [9.17, 15) is 14.7 Å². The minimum Gasteiger partial charge on any atom is -0.507 e. The van der Waals surface area contributed by atoms with E-state index in [1.54, 1.807) is 24.3 Å². The van der Waals surface area contributed by atoms with E-state index in [1.165, 1.54) is 12.0 Å². The molecule has 1 saturated heterocycles. The number of aliphatic hydroxyl groups is 1. The standard InChI is InChI=1S/C29H30ClN3O4/c1-17-15-22(28(37-6)23(30)16-17)26(34)24-25(18-7-9-19(10-8-18)31(2)3)33(29(36)27(24)35)21-13-11-20(12-14-21)32(4)5/h7-16,25,34H,1-6H3/b26-24+. The van der Waals surface area contributed by atoms with Crippen molar-refractivity contribution >= 4 is 46.1 Å². The zero-order valence-electron chi connectivity index (χ0n) is 21.7. The van der Waals surface area contributed by atoms with Crippen LogP contribution in [0.3, 0.4) is 0 Å². The lowest BCUT2D eigenvalue weighted by molar-refractivity contribution is -0.132. The van der Waals surface area contributed by atoms with Gasteiger partial charge in [0.2, 0.25) is 0 Å². The molecular weight excluding hydrogens is 490 g/mol. The van der Waals surface area contributed by atoms with Gasteiger partial charge in [-0.25, -0.2) is 0 Å². The van der Waals surface area contributed by atoms with E-state index in [1.807, 2.05) is 81.3 Å². The van der Waals surface area contributed by atoms with Crippen LogP contribution in [0, 0.1) is 6.92 Å². The number of ketones is 1. The van der Waals surface area contributed by atoms with E-state index >= 15 is 0 Å². The lowest BCUT2D eigenvalue weighted by Gasteiger charge is -2.26. The summed E-state index contributed by atoms with van der Waals surface area (Å²) < 4.78 is 5.46. The zero-order chi connectivity index (χ0) is 27.0. The van der Waals surface area contributed by atoms with Crippen molar-refractivity contribution in [2.24, 2.45) is 0 Å². The van der Waals surface area contributed by atoms with Crippen molar-refractivity contribution in [3.63, 3.8) is 0 Å². The normalized spacial score (nSPS) is 16.7. The number of nitrogens with zero attached hydrogens (tertiary/aromatic N) is 3. The second-order valence-electron chi connectivity index (χ2n) is 9.39. The zero-order valence-corrected chi connectivity index (χ0v) is 22.5. The highest BCUT2D eigenvalue weighted by atomic mass is 35.5.